The van der Waals surface area contributed by atoms with Gasteiger partial charge in [0.1, 0.15) is 0 Å². The van der Waals surface area contributed by atoms with Crippen LogP contribution in [0.15, 0.2) is 188 Å². The number of aromatic nitrogens is 4. The van der Waals surface area contributed by atoms with Crippen LogP contribution in [0.2, 0.25) is 0 Å². The van der Waals surface area contributed by atoms with Crippen molar-refractivity contribution in [1.29, 1.82) is 0 Å². The van der Waals surface area contributed by atoms with Crippen LogP contribution in [0.5, 0.6) is 0 Å². The van der Waals surface area contributed by atoms with E-state index >= 15 is 0 Å². The first-order chi connectivity index (χ1) is 33.3. The van der Waals surface area contributed by atoms with Gasteiger partial charge in [-0.2, -0.15) is 39.5 Å². The van der Waals surface area contributed by atoms with E-state index in [1.54, 1.807) is 122 Å². The molecule has 2 aromatic heterocycles. The van der Waals surface area contributed by atoms with Crippen molar-refractivity contribution >= 4 is 39.0 Å². The summed E-state index contributed by atoms with van der Waals surface area (Å²) in [5.74, 6) is 0. The maximum Gasteiger partial charge on any atom is 0.416 e. The van der Waals surface area contributed by atoms with Gasteiger partial charge in [-0.15, -0.1) is 6.58 Å². The Morgan fingerprint density at radius 2 is 0.814 bits per heavy atom. The van der Waals surface area contributed by atoms with Gasteiger partial charge in [0.05, 0.1) is 72.9 Å². The second-order valence-corrected chi connectivity index (χ2v) is 16.0. The Morgan fingerprint density at radius 1 is 0.443 bits per heavy atom. The van der Waals surface area contributed by atoms with Crippen LogP contribution in [0.1, 0.15) is 40.3 Å². The van der Waals surface area contributed by atoms with Gasteiger partial charge in [0.15, 0.2) is 0 Å². The Labute approximate surface area is 396 Å². The van der Waals surface area contributed by atoms with E-state index in [4.69, 9.17) is 24.9 Å². The minimum absolute atomic E-state index is 0.0289. The van der Waals surface area contributed by atoms with Gasteiger partial charge in [0.2, 0.25) is 0 Å². The molecule has 9 aromatic rings. The zero-order valence-corrected chi connectivity index (χ0v) is 37.2. The van der Waals surface area contributed by atoms with Crippen LogP contribution in [0.25, 0.3) is 72.7 Å². The van der Waals surface area contributed by atoms with Crippen molar-refractivity contribution in [3.05, 3.63) is 216 Å². The molecule has 5 nitrogen and oxygen atoms in total. The van der Waals surface area contributed by atoms with Crippen molar-refractivity contribution in [1.82, 2.24) is 19.9 Å². The van der Waals surface area contributed by atoms with E-state index in [1.807, 2.05) is 6.92 Å². The predicted octanol–water partition coefficient (Wildman–Crippen LogP) is 16.6. The normalized spacial score (nSPS) is 12.1. The molecule has 0 saturated heterocycles. The van der Waals surface area contributed by atoms with Crippen LogP contribution >= 0.6 is 0 Å². The van der Waals surface area contributed by atoms with Gasteiger partial charge in [0, 0.05) is 33.4 Å². The number of rotatable bonds is 8. The van der Waals surface area contributed by atoms with Gasteiger partial charge >= 0.3 is 18.5 Å². The molecule has 0 aliphatic carbocycles. The van der Waals surface area contributed by atoms with Gasteiger partial charge in [-0.3, -0.25) is 0 Å². The molecule has 0 spiro atoms. The Hall–Kier alpha value is -8.26. The van der Waals surface area contributed by atoms with Gasteiger partial charge in [-0.05, 0) is 91.7 Å². The van der Waals surface area contributed by atoms with E-state index in [9.17, 15) is 39.5 Å². The van der Waals surface area contributed by atoms with Crippen LogP contribution in [-0.2, 0) is 18.5 Å². The van der Waals surface area contributed by atoms with Crippen LogP contribution < -0.4 is 0 Å². The molecule has 0 saturated carbocycles. The fourth-order valence-corrected chi connectivity index (χ4v) is 7.60. The molecule has 0 bridgehead atoms. The van der Waals surface area contributed by atoms with Crippen LogP contribution in [0.3, 0.4) is 0 Å². The Kier molecular flexibility index (Phi) is 13.4. The molecule has 0 aliphatic rings. The van der Waals surface area contributed by atoms with E-state index in [-0.39, 0.29) is 61.8 Å². The molecule has 0 fully saturated rings. The summed E-state index contributed by atoms with van der Waals surface area (Å²) in [7, 11) is 0. The monoisotopic (exact) mass is 951 g/mol. The third-order valence-corrected chi connectivity index (χ3v) is 11.0. The van der Waals surface area contributed by atoms with Crippen molar-refractivity contribution in [3.8, 4) is 45.0 Å². The second kappa shape index (κ2) is 19.4. The number of hydrogen-bond acceptors (Lipinski definition) is 5. The fraction of sp³-hybridized carbons (Fsp3) is 0.0893. The number of alkyl halides is 9. The summed E-state index contributed by atoms with van der Waals surface area (Å²) in [6, 6.07) is 40.6. The highest BCUT2D eigenvalue weighted by Crippen LogP contribution is 2.41. The number of aliphatic imine (C=N–C) groups is 1. The summed E-state index contributed by atoms with van der Waals surface area (Å²) in [5.41, 5.74) is 1.87. The topological polar surface area (TPSA) is 63.9 Å². The van der Waals surface area contributed by atoms with E-state index in [1.165, 1.54) is 18.2 Å². The molecule has 350 valence electrons. The molecule has 0 aliphatic heterocycles. The zero-order chi connectivity index (χ0) is 50.0. The Bertz CT molecular complexity index is 3280. The molecule has 0 radical (unpaired) electrons. The van der Waals surface area contributed by atoms with Gasteiger partial charge < -0.3 is 0 Å². The second-order valence-electron chi connectivity index (χ2n) is 16.0. The number of aryl methyl sites for hydroxylation is 1. The largest absolute Gasteiger partial charge is 0.416 e. The van der Waals surface area contributed by atoms with Crippen molar-refractivity contribution in [3.63, 3.8) is 0 Å². The van der Waals surface area contributed by atoms with Gasteiger partial charge in [0.25, 0.3) is 0 Å². The third-order valence-electron chi connectivity index (χ3n) is 11.0. The van der Waals surface area contributed by atoms with Crippen molar-refractivity contribution in [2.45, 2.75) is 32.4 Å². The summed E-state index contributed by atoms with van der Waals surface area (Å²) in [6.45, 7) is 11.3. The first-order valence-corrected chi connectivity index (χ1v) is 21.5. The summed E-state index contributed by atoms with van der Waals surface area (Å²) in [5, 5.41) is 0. The molecular formula is C56H38F9N5. The van der Waals surface area contributed by atoms with E-state index in [0.29, 0.717) is 38.9 Å². The van der Waals surface area contributed by atoms with E-state index in [2.05, 4.69) is 13.2 Å². The smallest absolute Gasteiger partial charge is 0.248 e. The van der Waals surface area contributed by atoms with Gasteiger partial charge in [-0.1, -0.05) is 110 Å². The first-order valence-electron chi connectivity index (χ1n) is 21.5. The van der Waals surface area contributed by atoms with Crippen LogP contribution in [-0.4, -0.2) is 25.6 Å². The molecule has 9 rings (SSSR count). The average Bonchev–Trinajstić information content (AvgIpc) is 3.34. The van der Waals surface area contributed by atoms with Crippen LogP contribution in [0, 0.1) is 6.92 Å². The molecule has 7 aromatic carbocycles. The van der Waals surface area contributed by atoms with E-state index in [0.717, 1.165) is 36.4 Å². The third kappa shape index (κ3) is 10.4. The fourth-order valence-electron chi connectivity index (χ4n) is 7.60. The standard InChI is InChI=1S/C53H32F9N5.C3H6/c1-30-18-19-38(51(54,55)56)27-43(30)65-46(32-12-6-3-7-13-32)31(2)35-24-36(49-47(33-14-8-4-9-15-33)66-44-28-39(52(57,58)59)20-22-41(44)63-49)26-37(25-35)50-48(34-16-10-5-11-17-34)67-45-29-40(53(60,61)62)21-23-42(45)64-50;1-3-2/h3-29H,2H2,1H3;3H,1H2,2H3. The summed E-state index contributed by atoms with van der Waals surface area (Å²) >= 11 is 0. The molecule has 0 N–H and O–H groups in total. The Balaban J connectivity index is 0.00000214. The number of fused-ring (bicyclic) bond motifs is 2. The summed E-state index contributed by atoms with van der Waals surface area (Å²) in [6.07, 6.45) is -12.2. The maximum atomic E-state index is 14.1. The molecule has 2 heterocycles. The van der Waals surface area contributed by atoms with Crippen molar-refractivity contribution in [2.24, 2.45) is 4.99 Å². The number of halogens is 9. The van der Waals surface area contributed by atoms with Crippen molar-refractivity contribution in [2.75, 3.05) is 0 Å². The summed E-state index contributed by atoms with van der Waals surface area (Å²) < 4.78 is 126. The maximum absolute atomic E-state index is 14.1. The quantitative estimate of drug-likeness (QED) is 0.0865. The molecule has 0 atom stereocenters. The minimum Gasteiger partial charge on any atom is -0.248 e. The van der Waals surface area contributed by atoms with Gasteiger partial charge in [-0.25, -0.2) is 24.9 Å². The zero-order valence-electron chi connectivity index (χ0n) is 37.2. The average molecular weight is 952 g/mol. The predicted molar refractivity (Wildman–Crippen MR) is 258 cm³/mol. The number of allylic oxidation sites excluding steroid dienone is 2. The number of hydrogen-bond donors (Lipinski definition) is 0. The number of benzene rings is 7. The molecule has 0 unspecified atom stereocenters. The lowest BCUT2D eigenvalue weighted by molar-refractivity contribution is -0.138. The van der Waals surface area contributed by atoms with Crippen molar-refractivity contribution < 1.29 is 39.5 Å². The lowest BCUT2D eigenvalue weighted by Gasteiger charge is -2.18. The minimum atomic E-state index is -4.67. The lowest BCUT2D eigenvalue weighted by atomic mass is 9.90. The van der Waals surface area contributed by atoms with Crippen LogP contribution in [0.4, 0.5) is 45.2 Å². The Morgan fingerprint density at radius 3 is 1.24 bits per heavy atom. The lowest BCUT2D eigenvalue weighted by Crippen LogP contribution is -2.07. The molecule has 70 heavy (non-hydrogen) atoms. The number of nitrogens with zero attached hydrogens (tertiary/aromatic N) is 5. The van der Waals surface area contributed by atoms with E-state index < -0.39 is 35.2 Å². The first kappa shape index (κ1) is 48.2. The highest BCUT2D eigenvalue weighted by molar-refractivity contribution is 6.32. The SMILES string of the molecule is C=C(C(=Nc1cc(C(F)(F)F)ccc1C)c1ccccc1)c1cc(-c2nc3ccc(C(F)(F)F)cc3nc2-c2ccccc2)cc(-c2nc3ccc(C(F)(F)F)cc3nc2-c2ccccc2)c1.C=CC. The molecule has 14 heteroatoms. The molecule has 0 amide bonds. The highest BCUT2D eigenvalue weighted by atomic mass is 19.4. The molecular weight excluding hydrogens is 914 g/mol. The highest BCUT2D eigenvalue weighted by Gasteiger charge is 2.33. The summed E-state index contributed by atoms with van der Waals surface area (Å²) in [4.78, 5) is 24.2.